The van der Waals surface area contributed by atoms with Gasteiger partial charge in [0, 0.05) is 0 Å². The van der Waals surface area contributed by atoms with Crippen molar-refractivity contribution in [2.45, 2.75) is 6.92 Å². The number of hydrogen-bond acceptors (Lipinski definition) is 2. The number of aromatic nitrogens is 3. The van der Waals surface area contributed by atoms with Gasteiger partial charge in [0.05, 0.1) is 11.2 Å². The van der Waals surface area contributed by atoms with Crippen LogP contribution in [0.5, 0.6) is 0 Å². The molecule has 2 aromatic rings. The summed E-state index contributed by atoms with van der Waals surface area (Å²) in [7, 11) is 1.98. The summed E-state index contributed by atoms with van der Waals surface area (Å²) in [5, 5.41) is 4.36. The van der Waals surface area contributed by atoms with E-state index in [1.54, 1.807) is 4.52 Å². The van der Waals surface area contributed by atoms with Gasteiger partial charge in [0.1, 0.15) is 0 Å². The van der Waals surface area contributed by atoms with Gasteiger partial charge < -0.3 is 0 Å². The first-order valence-corrected chi connectivity index (χ1v) is 4.05. The van der Waals surface area contributed by atoms with Crippen molar-refractivity contribution in [1.29, 1.82) is 0 Å². The van der Waals surface area contributed by atoms with Crippen LogP contribution >= 0.6 is 11.6 Å². The molecule has 0 radical (unpaired) electrons. The Morgan fingerprint density at radius 2 is 2.25 bits per heavy atom. The zero-order valence-corrected chi connectivity index (χ0v) is 7.63. The molecule has 0 N–H and O–H groups in total. The van der Waals surface area contributed by atoms with Crippen LogP contribution in [0.1, 0.15) is 5.69 Å². The van der Waals surface area contributed by atoms with Crippen LogP contribution in [0.15, 0.2) is 12.1 Å². The highest BCUT2D eigenvalue weighted by atomic mass is 35.5. The Labute approximate surface area is 75.8 Å². The summed E-state index contributed by atoms with van der Waals surface area (Å²) in [5.74, 6) is 0. The molecule has 0 saturated heterocycles. The van der Waals surface area contributed by atoms with Gasteiger partial charge in [-0.05, 0) is 36.3 Å². The number of hydrogen-bond donors (Lipinski definition) is 0. The molecule has 5 heteroatoms. The third-order valence-electron chi connectivity index (χ3n) is 1.86. The van der Waals surface area contributed by atoms with Crippen molar-refractivity contribution in [3.63, 3.8) is 0 Å². The molecule has 0 amide bonds. The lowest BCUT2D eigenvalue weighted by molar-refractivity contribution is 0.907. The lowest BCUT2D eigenvalue weighted by Gasteiger charge is -1.99. The third kappa shape index (κ3) is 0.993. The van der Waals surface area contributed by atoms with E-state index in [2.05, 4.69) is 10.1 Å². The Balaban J connectivity index is 2.92. The maximum Gasteiger partial charge on any atom is 0.241 e. The second-order valence-corrected chi connectivity index (χ2v) is 3.08. The molecule has 2 heterocycles. The first kappa shape index (κ1) is 7.62. The van der Waals surface area contributed by atoms with E-state index in [4.69, 9.17) is 11.6 Å². The molecular weight excluding hydrogens is 172 g/mol. The normalized spacial score (nSPS) is 10.8. The van der Waals surface area contributed by atoms with Crippen LogP contribution in [0, 0.1) is 6.92 Å². The van der Waals surface area contributed by atoms with Gasteiger partial charge in [0.2, 0.25) is 5.28 Å². The number of rotatable bonds is 0. The summed E-state index contributed by atoms with van der Waals surface area (Å²) in [5.41, 5.74) is 2.98. The number of halogens is 1. The van der Waals surface area contributed by atoms with Crippen molar-refractivity contribution < 1.29 is 0 Å². The molecule has 0 spiro atoms. The Hall–Kier alpha value is -1.03. The lowest BCUT2D eigenvalue weighted by atomic mass is 10.1. The fraction of sp³-hybridized carbons (Fsp3) is 0.143. The van der Waals surface area contributed by atoms with Gasteiger partial charge in [0.15, 0.2) is 7.85 Å². The maximum atomic E-state index is 5.71. The van der Waals surface area contributed by atoms with Gasteiger partial charge in [-0.3, -0.25) is 0 Å². The SMILES string of the molecule is Bc1ccc2c(C)nc(Cl)nn12. The van der Waals surface area contributed by atoms with Crippen molar-refractivity contribution in [3.05, 3.63) is 23.1 Å². The largest absolute Gasteiger partial charge is 0.243 e. The molecule has 0 unspecified atom stereocenters. The van der Waals surface area contributed by atoms with E-state index in [-0.39, 0.29) is 0 Å². The fourth-order valence-electron chi connectivity index (χ4n) is 1.24. The van der Waals surface area contributed by atoms with Crippen molar-refractivity contribution in [1.82, 2.24) is 14.6 Å². The summed E-state index contributed by atoms with van der Waals surface area (Å²) < 4.78 is 1.80. The van der Waals surface area contributed by atoms with Crippen LogP contribution in [0.25, 0.3) is 5.52 Å². The van der Waals surface area contributed by atoms with Crippen molar-refractivity contribution in [3.8, 4) is 0 Å². The summed E-state index contributed by atoms with van der Waals surface area (Å²) in [6, 6.07) is 3.98. The summed E-state index contributed by atoms with van der Waals surface area (Å²) in [4.78, 5) is 4.05. The van der Waals surface area contributed by atoms with E-state index in [1.165, 1.54) is 0 Å². The van der Waals surface area contributed by atoms with E-state index in [9.17, 15) is 0 Å². The number of nitrogens with zero attached hydrogens (tertiary/aromatic N) is 3. The predicted octanol–water partition coefficient (Wildman–Crippen LogP) is -0.0505. The minimum absolute atomic E-state index is 0.291. The van der Waals surface area contributed by atoms with Crippen LogP contribution in [0.2, 0.25) is 5.28 Å². The first-order valence-electron chi connectivity index (χ1n) is 3.67. The molecule has 60 valence electrons. The minimum atomic E-state index is 0.291. The molecular formula is C7H7BClN3. The fourth-order valence-corrected chi connectivity index (χ4v) is 1.44. The predicted molar refractivity (Wildman–Crippen MR) is 50.9 cm³/mol. The zero-order chi connectivity index (χ0) is 8.72. The molecule has 0 aliphatic heterocycles. The van der Waals surface area contributed by atoms with Gasteiger partial charge >= 0.3 is 0 Å². The van der Waals surface area contributed by atoms with E-state index in [0.29, 0.717) is 5.28 Å². The van der Waals surface area contributed by atoms with Crippen LogP contribution in [-0.2, 0) is 0 Å². The molecule has 0 saturated carbocycles. The summed E-state index contributed by atoms with van der Waals surface area (Å²) >= 11 is 5.71. The zero-order valence-electron chi connectivity index (χ0n) is 6.87. The van der Waals surface area contributed by atoms with Gasteiger partial charge in [-0.25, -0.2) is 9.50 Å². The number of aryl methyl sites for hydroxylation is 1. The average Bonchev–Trinajstić information content (AvgIpc) is 2.33. The first-order chi connectivity index (χ1) is 5.68. The Bertz CT molecular complexity index is 437. The van der Waals surface area contributed by atoms with Gasteiger partial charge in [-0.2, -0.15) is 0 Å². The second-order valence-electron chi connectivity index (χ2n) is 2.74. The highest BCUT2D eigenvalue weighted by molar-refractivity contribution is 6.31. The van der Waals surface area contributed by atoms with Crippen LogP contribution in [-0.4, -0.2) is 22.4 Å². The van der Waals surface area contributed by atoms with Gasteiger partial charge in [0.25, 0.3) is 0 Å². The molecule has 2 rings (SSSR count). The third-order valence-corrected chi connectivity index (χ3v) is 2.02. The van der Waals surface area contributed by atoms with Crippen molar-refractivity contribution in [2.24, 2.45) is 0 Å². The van der Waals surface area contributed by atoms with Crippen molar-refractivity contribution in [2.75, 3.05) is 0 Å². The smallest absolute Gasteiger partial charge is 0.241 e. The lowest BCUT2D eigenvalue weighted by Crippen LogP contribution is -2.13. The molecule has 0 aromatic carbocycles. The molecule has 0 atom stereocenters. The van der Waals surface area contributed by atoms with Crippen LogP contribution in [0.4, 0.5) is 0 Å². The second kappa shape index (κ2) is 2.49. The van der Waals surface area contributed by atoms with Gasteiger partial charge in [-0.15, -0.1) is 5.10 Å². The van der Waals surface area contributed by atoms with E-state index in [1.807, 2.05) is 26.9 Å². The van der Waals surface area contributed by atoms with Crippen molar-refractivity contribution >= 4 is 30.6 Å². The average molecular weight is 179 g/mol. The topological polar surface area (TPSA) is 30.2 Å². The molecule has 0 bridgehead atoms. The highest BCUT2D eigenvalue weighted by Gasteiger charge is 2.03. The molecule has 0 aliphatic rings. The van der Waals surface area contributed by atoms with Crippen LogP contribution in [0.3, 0.4) is 0 Å². The van der Waals surface area contributed by atoms with E-state index >= 15 is 0 Å². The quantitative estimate of drug-likeness (QED) is 0.531. The molecule has 3 nitrogen and oxygen atoms in total. The van der Waals surface area contributed by atoms with Crippen LogP contribution < -0.4 is 5.59 Å². The Morgan fingerprint density at radius 1 is 1.50 bits per heavy atom. The van der Waals surface area contributed by atoms with Gasteiger partial charge in [-0.1, -0.05) is 0 Å². The molecule has 2 aromatic heterocycles. The van der Waals surface area contributed by atoms with E-state index in [0.717, 1.165) is 16.8 Å². The Kier molecular flexibility index (Phi) is 1.58. The molecule has 0 fully saturated rings. The molecule has 12 heavy (non-hydrogen) atoms. The molecule has 0 aliphatic carbocycles. The summed E-state index contributed by atoms with van der Waals surface area (Å²) in [6.07, 6.45) is 0. The van der Waals surface area contributed by atoms with E-state index < -0.39 is 0 Å². The minimum Gasteiger partial charge on any atom is -0.243 e. The standard InChI is InChI=1S/C7H7BClN3/c1-4-5-2-3-6(8)12(5)11-7(9)10-4/h2-3H,8H2,1H3. The summed E-state index contributed by atoms with van der Waals surface area (Å²) in [6.45, 7) is 1.92. The highest BCUT2D eigenvalue weighted by Crippen LogP contribution is 2.07. The monoisotopic (exact) mass is 179 g/mol. The Morgan fingerprint density at radius 3 is 3.00 bits per heavy atom. The number of fused-ring (bicyclic) bond motifs is 1. The maximum absolute atomic E-state index is 5.71.